The van der Waals surface area contributed by atoms with Gasteiger partial charge in [0.25, 0.3) is 0 Å². The number of aromatic nitrogens is 3. The molecule has 1 N–H and O–H groups in total. The maximum atomic E-state index is 4.96. The summed E-state index contributed by atoms with van der Waals surface area (Å²) < 4.78 is 5.82. The van der Waals surface area contributed by atoms with E-state index in [0.29, 0.717) is 6.04 Å². The van der Waals surface area contributed by atoms with E-state index >= 15 is 0 Å². The van der Waals surface area contributed by atoms with Crippen molar-refractivity contribution in [2.45, 2.75) is 19.4 Å². The number of halogens is 1. The lowest BCUT2D eigenvalue weighted by Gasteiger charge is -2.29. The predicted molar refractivity (Wildman–Crippen MR) is 66.5 cm³/mol. The van der Waals surface area contributed by atoms with Crippen molar-refractivity contribution >= 4 is 15.9 Å². The molecule has 0 radical (unpaired) electrons. The summed E-state index contributed by atoms with van der Waals surface area (Å²) in [6.45, 7) is 3.23. The van der Waals surface area contributed by atoms with Crippen LogP contribution in [-0.2, 0) is 6.42 Å². The summed E-state index contributed by atoms with van der Waals surface area (Å²) in [4.78, 5) is 2.31. The minimum absolute atomic E-state index is 0.344. The van der Waals surface area contributed by atoms with Gasteiger partial charge in [0.05, 0.1) is 15.9 Å². The maximum absolute atomic E-state index is 4.96. The molecule has 0 bridgehead atoms. The molecule has 90 valence electrons. The number of nitrogens with one attached hydrogen (secondary N) is 1. The third kappa shape index (κ3) is 1.63. The average Bonchev–Trinajstić information content (AvgIpc) is 2.89. The van der Waals surface area contributed by atoms with Crippen molar-refractivity contribution in [3.63, 3.8) is 0 Å². The molecule has 3 rings (SSSR count). The highest BCUT2D eigenvalue weighted by Gasteiger charge is 2.28. The lowest BCUT2D eigenvalue weighted by atomic mass is 9.97. The topological polar surface area (TPSA) is 58.0 Å². The van der Waals surface area contributed by atoms with E-state index in [-0.39, 0.29) is 0 Å². The van der Waals surface area contributed by atoms with Gasteiger partial charge in [-0.15, -0.1) is 0 Å². The highest BCUT2D eigenvalue weighted by atomic mass is 79.9. The summed E-state index contributed by atoms with van der Waals surface area (Å²) >= 11 is 3.43. The molecule has 5 nitrogen and oxygen atoms in total. The van der Waals surface area contributed by atoms with E-state index in [9.17, 15) is 0 Å². The SMILES string of the molecule is C[C@@H]1c2c(n[nH]c2-c2nocc2Br)CCN1C. The van der Waals surface area contributed by atoms with E-state index in [2.05, 4.69) is 50.2 Å². The molecule has 0 aromatic carbocycles. The van der Waals surface area contributed by atoms with Gasteiger partial charge in [-0.05, 0) is 29.9 Å². The lowest BCUT2D eigenvalue weighted by molar-refractivity contribution is 0.247. The van der Waals surface area contributed by atoms with Crippen LogP contribution < -0.4 is 0 Å². The zero-order chi connectivity index (χ0) is 12.0. The highest BCUT2D eigenvalue weighted by Crippen LogP contribution is 2.36. The summed E-state index contributed by atoms with van der Waals surface area (Å²) in [5.74, 6) is 0. The number of H-pyrrole nitrogens is 1. The molecule has 0 unspecified atom stereocenters. The summed E-state index contributed by atoms with van der Waals surface area (Å²) in [5, 5.41) is 11.5. The van der Waals surface area contributed by atoms with Crippen LogP contribution in [0.15, 0.2) is 15.3 Å². The van der Waals surface area contributed by atoms with Crippen molar-refractivity contribution in [3.8, 4) is 11.4 Å². The fourth-order valence-electron chi connectivity index (χ4n) is 2.30. The van der Waals surface area contributed by atoms with Gasteiger partial charge in [-0.2, -0.15) is 5.10 Å². The van der Waals surface area contributed by atoms with Crippen LogP contribution in [0.1, 0.15) is 24.2 Å². The van der Waals surface area contributed by atoms with Gasteiger partial charge in [-0.1, -0.05) is 5.16 Å². The monoisotopic (exact) mass is 296 g/mol. The number of fused-ring (bicyclic) bond motifs is 1. The Labute approximate surface area is 107 Å². The van der Waals surface area contributed by atoms with Crippen molar-refractivity contribution in [1.82, 2.24) is 20.3 Å². The zero-order valence-electron chi connectivity index (χ0n) is 9.70. The second-order valence-corrected chi connectivity index (χ2v) is 5.23. The Balaban J connectivity index is 2.15. The van der Waals surface area contributed by atoms with Crippen LogP contribution >= 0.6 is 15.9 Å². The largest absolute Gasteiger partial charge is 0.363 e. The number of likely N-dealkylation sites (N-methyl/N-ethyl adjacent to an activating group) is 1. The van der Waals surface area contributed by atoms with E-state index in [0.717, 1.165) is 34.5 Å². The first-order valence-electron chi connectivity index (χ1n) is 5.56. The van der Waals surface area contributed by atoms with Crippen LogP contribution in [0.3, 0.4) is 0 Å². The number of rotatable bonds is 1. The fraction of sp³-hybridized carbons (Fsp3) is 0.455. The predicted octanol–water partition coefficient (Wildman–Crippen LogP) is 2.38. The normalized spacial score (nSPS) is 20.5. The number of aromatic amines is 1. The fourth-order valence-corrected chi connectivity index (χ4v) is 2.65. The lowest BCUT2D eigenvalue weighted by Crippen LogP contribution is -2.30. The molecule has 3 heterocycles. The molecule has 0 fully saturated rings. The third-order valence-corrected chi connectivity index (χ3v) is 3.99. The highest BCUT2D eigenvalue weighted by molar-refractivity contribution is 9.10. The van der Waals surface area contributed by atoms with E-state index in [1.165, 1.54) is 5.56 Å². The third-order valence-electron chi connectivity index (χ3n) is 3.43. The van der Waals surface area contributed by atoms with Gasteiger partial charge >= 0.3 is 0 Å². The molecular formula is C11H13BrN4O. The summed E-state index contributed by atoms with van der Waals surface area (Å²) in [5.41, 5.74) is 4.12. The first kappa shape index (κ1) is 11.0. The molecule has 2 aromatic rings. The number of hydrogen-bond acceptors (Lipinski definition) is 4. The Bertz CT molecular complexity index is 547. The van der Waals surface area contributed by atoms with Crippen molar-refractivity contribution in [2.75, 3.05) is 13.6 Å². The van der Waals surface area contributed by atoms with Gasteiger partial charge in [-0.3, -0.25) is 10.00 Å². The molecular weight excluding hydrogens is 284 g/mol. The van der Waals surface area contributed by atoms with E-state index in [1.807, 2.05) is 0 Å². The Kier molecular flexibility index (Phi) is 2.56. The van der Waals surface area contributed by atoms with Gasteiger partial charge in [0.2, 0.25) is 0 Å². The Morgan fingerprint density at radius 1 is 1.59 bits per heavy atom. The minimum Gasteiger partial charge on any atom is -0.363 e. The second-order valence-electron chi connectivity index (χ2n) is 4.38. The molecule has 2 aromatic heterocycles. The zero-order valence-corrected chi connectivity index (χ0v) is 11.3. The van der Waals surface area contributed by atoms with Crippen LogP contribution in [0.2, 0.25) is 0 Å². The number of nitrogens with zero attached hydrogens (tertiary/aromatic N) is 3. The quantitative estimate of drug-likeness (QED) is 0.878. The molecule has 0 saturated carbocycles. The van der Waals surface area contributed by atoms with Crippen molar-refractivity contribution in [3.05, 3.63) is 22.0 Å². The van der Waals surface area contributed by atoms with Crippen LogP contribution in [0.25, 0.3) is 11.4 Å². The standard InChI is InChI=1S/C11H13BrN4O/c1-6-9-8(3-4-16(6)2)13-14-11(9)10-7(12)5-17-15-10/h5-6H,3-4H2,1-2H3,(H,13,14)/t6-/m1/s1. The van der Waals surface area contributed by atoms with E-state index < -0.39 is 0 Å². The molecule has 1 aliphatic rings. The van der Waals surface area contributed by atoms with Crippen LogP contribution in [0.5, 0.6) is 0 Å². The molecule has 0 spiro atoms. The first-order valence-corrected chi connectivity index (χ1v) is 6.35. The van der Waals surface area contributed by atoms with Crippen molar-refractivity contribution in [1.29, 1.82) is 0 Å². The van der Waals surface area contributed by atoms with Gasteiger partial charge < -0.3 is 4.52 Å². The second kappa shape index (κ2) is 3.96. The van der Waals surface area contributed by atoms with Gasteiger partial charge in [0.1, 0.15) is 12.0 Å². The molecule has 6 heteroatoms. The van der Waals surface area contributed by atoms with Gasteiger partial charge in [-0.25, -0.2) is 0 Å². The van der Waals surface area contributed by atoms with Crippen molar-refractivity contribution in [2.24, 2.45) is 0 Å². The van der Waals surface area contributed by atoms with Crippen molar-refractivity contribution < 1.29 is 4.52 Å². The molecule has 1 atom stereocenters. The van der Waals surface area contributed by atoms with Crippen LogP contribution in [-0.4, -0.2) is 33.8 Å². The van der Waals surface area contributed by atoms with Gasteiger partial charge in [0, 0.05) is 24.6 Å². The van der Waals surface area contributed by atoms with E-state index in [1.54, 1.807) is 6.26 Å². The maximum Gasteiger partial charge on any atom is 0.146 e. The minimum atomic E-state index is 0.344. The molecule has 0 aliphatic carbocycles. The molecule has 1 aliphatic heterocycles. The summed E-state index contributed by atoms with van der Waals surface area (Å²) in [7, 11) is 2.13. The Morgan fingerprint density at radius 3 is 3.12 bits per heavy atom. The molecule has 0 saturated heterocycles. The Hall–Kier alpha value is -1.14. The molecule has 0 amide bonds. The summed E-state index contributed by atoms with van der Waals surface area (Å²) in [6, 6.07) is 0.344. The average molecular weight is 297 g/mol. The van der Waals surface area contributed by atoms with Gasteiger partial charge in [0.15, 0.2) is 0 Å². The number of hydrogen-bond donors (Lipinski definition) is 1. The Morgan fingerprint density at radius 2 is 2.41 bits per heavy atom. The molecule has 17 heavy (non-hydrogen) atoms. The first-order chi connectivity index (χ1) is 8.18. The van der Waals surface area contributed by atoms with E-state index in [4.69, 9.17) is 4.52 Å². The van der Waals surface area contributed by atoms with Crippen LogP contribution in [0.4, 0.5) is 0 Å². The van der Waals surface area contributed by atoms with Crippen LogP contribution in [0, 0.1) is 0 Å². The summed E-state index contributed by atoms with van der Waals surface area (Å²) in [6.07, 6.45) is 2.56. The smallest absolute Gasteiger partial charge is 0.146 e.